The molecule has 3 rings (SSSR count). The van der Waals surface area contributed by atoms with Crippen molar-refractivity contribution < 1.29 is 18.8 Å². The van der Waals surface area contributed by atoms with E-state index in [0.717, 1.165) is 0 Å². The van der Waals surface area contributed by atoms with Crippen molar-refractivity contribution in [3.8, 4) is 0 Å². The quantitative estimate of drug-likeness (QED) is 0.644. The Kier molecular flexibility index (Phi) is 4.51. The number of hydrogen-bond acceptors (Lipinski definition) is 3. The Morgan fingerprint density at radius 1 is 0.958 bits per heavy atom. The number of ketones is 2. The summed E-state index contributed by atoms with van der Waals surface area (Å²) in [4.78, 5) is 38.7. The second-order valence-corrected chi connectivity index (χ2v) is 5.76. The first-order valence-corrected chi connectivity index (χ1v) is 7.73. The molecule has 0 N–H and O–H groups in total. The normalized spacial score (nSPS) is 17.6. The molecule has 4 nitrogen and oxygen atoms in total. The minimum atomic E-state index is -0.892. The standard InChI is InChI=1S/C19H16FNO3/c20-15-8-6-13(7-9-15)18(23)16-12-21(11-10-17(16)22)19(24)14-4-2-1-3-5-14/h1-9,16H,10-12H2. The maximum Gasteiger partial charge on any atom is 0.253 e. The van der Waals surface area contributed by atoms with E-state index < -0.39 is 11.7 Å². The molecule has 1 atom stereocenters. The number of carbonyl (C=O) groups excluding carboxylic acids is 3. The van der Waals surface area contributed by atoms with Crippen LogP contribution in [-0.4, -0.2) is 35.5 Å². The summed E-state index contributed by atoms with van der Waals surface area (Å²) in [5, 5.41) is 0. The van der Waals surface area contributed by atoms with Crippen molar-refractivity contribution in [3.63, 3.8) is 0 Å². The van der Waals surface area contributed by atoms with Gasteiger partial charge in [-0.3, -0.25) is 14.4 Å². The van der Waals surface area contributed by atoms with E-state index in [1.165, 1.54) is 29.2 Å². The highest BCUT2D eigenvalue weighted by molar-refractivity contribution is 6.12. The smallest absolute Gasteiger partial charge is 0.253 e. The maximum atomic E-state index is 13.0. The molecule has 1 aliphatic rings. The van der Waals surface area contributed by atoms with Gasteiger partial charge in [0.25, 0.3) is 5.91 Å². The predicted octanol–water partition coefficient (Wildman–Crippen LogP) is 2.74. The Balaban J connectivity index is 1.78. The zero-order chi connectivity index (χ0) is 17.1. The lowest BCUT2D eigenvalue weighted by molar-refractivity contribution is -0.123. The molecule has 0 spiro atoms. The number of piperidine rings is 1. The second kappa shape index (κ2) is 6.74. The Hall–Kier alpha value is -2.82. The van der Waals surface area contributed by atoms with Crippen LogP contribution in [-0.2, 0) is 4.79 Å². The van der Waals surface area contributed by atoms with Crippen LogP contribution in [0.3, 0.4) is 0 Å². The fraction of sp³-hybridized carbons (Fsp3) is 0.211. The van der Waals surface area contributed by atoms with Gasteiger partial charge in [0.05, 0.1) is 5.92 Å². The Bertz CT molecular complexity index is 771. The Morgan fingerprint density at radius 3 is 2.29 bits per heavy atom. The molecule has 1 heterocycles. The van der Waals surface area contributed by atoms with Crippen LogP contribution in [0.25, 0.3) is 0 Å². The van der Waals surface area contributed by atoms with Gasteiger partial charge in [-0.25, -0.2) is 4.39 Å². The lowest BCUT2D eigenvalue weighted by Crippen LogP contribution is -2.46. The number of benzene rings is 2. The summed E-state index contributed by atoms with van der Waals surface area (Å²) in [6.07, 6.45) is 0.149. The van der Waals surface area contributed by atoms with Crippen molar-refractivity contribution in [1.29, 1.82) is 0 Å². The summed E-state index contributed by atoms with van der Waals surface area (Å²) in [6.45, 7) is 0.364. The van der Waals surface area contributed by atoms with E-state index >= 15 is 0 Å². The highest BCUT2D eigenvalue weighted by Gasteiger charge is 2.35. The number of Topliss-reactive ketones (excluding diaryl/α,β-unsaturated/α-hetero) is 2. The molecule has 0 aromatic heterocycles. The topological polar surface area (TPSA) is 54.5 Å². The van der Waals surface area contributed by atoms with Gasteiger partial charge in [-0.15, -0.1) is 0 Å². The zero-order valence-corrected chi connectivity index (χ0v) is 12.9. The molecule has 2 aromatic rings. The zero-order valence-electron chi connectivity index (χ0n) is 12.9. The van der Waals surface area contributed by atoms with Crippen molar-refractivity contribution in [2.75, 3.05) is 13.1 Å². The molecule has 1 amide bonds. The molecule has 24 heavy (non-hydrogen) atoms. The number of rotatable bonds is 3. The lowest BCUT2D eigenvalue weighted by atomic mass is 9.88. The van der Waals surface area contributed by atoms with Crippen LogP contribution in [0, 0.1) is 11.7 Å². The Labute approximate surface area is 138 Å². The van der Waals surface area contributed by atoms with Gasteiger partial charge in [0.1, 0.15) is 11.6 Å². The molecule has 1 aliphatic heterocycles. The first-order valence-electron chi connectivity index (χ1n) is 7.73. The van der Waals surface area contributed by atoms with Crippen molar-refractivity contribution in [2.45, 2.75) is 6.42 Å². The number of carbonyl (C=O) groups is 3. The molecule has 2 aromatic carbocycles. The molecule has 0 radical (unpaired) electrons. The van der Waals surface area contributed by atoms with Crippen LogP contribution in [0.2, 0.25) is 0 Å². The Morgan fingerprint density at radius 2 is 1.62 bits per heavy atom. The molecule has 122 valence electrons. The third kappa shape index (κ3) is 3.25. The van der Waals surface area contributed by atoms with Crippen molar-refractivity contribution in [3.05, 3.63) is 71.5 Å². The summed E-state index contributed by atoms with van der Waals surface area (Å²) in [7, 11) is 0. The van der Waals surface area contributed by atoms with Gasteiger partial charge in [-0.1, -0.05) is 18.2 Å². The van der Waals surface area contributed by atoms with E-state index in [2.05, 4.69) is 0 Å². The second-order valence-electron chi connectivity index (χ2n) is 5.76. The highest BCUT2D eigenvalue weighted by atomic mass is 19.1. The first-order chi connectivity index (χ1) is 11.6. The lowest BCUT2D eigenvalue weighted by Gasteiger charge is -2.31. The molecular weight excluding hydrogens is 309 g/mol. The molecule has 1 fully saturated rings. The molecule has 0 saturated carbocycles. The monoisotopic (exact) mass is 325 g/mol. The van der Waals surface area contributed by atoms with Gasteiger partial charge in [0.15, 0.2) is 5.78 Å². The minimum Gasteiger partial charge on any atom is -0.337 e. The van der Waals surface area contributed by atoms with Crippen LogP contribution in [0.5, 0.6) is 0 Å². The van der Waals surface area contributed by atoms with Crippen molar-refractivity contribution in [1.82, 2.24) is 4.90 Å². The third-order valence-electron chi connectivity index (χ3n) is 4.17. The van der Waals surface area contributed by atoms with Gasteiger partial charge in [-0.2, -0.15) is 0 Å². The van der Waals surface area contributed by atoms with E-state index in [1.807, 2.05) is 6.07 Å². The summed E-state index contributed by atoms with van der Waals surface area (Å²) < 4.78 is 13.0. The van der Waals surface area contributed by atoms with Crippen LogP contribution in [0.4, 0.5) is 4.39 Å². The average molecular weight is 325 g/mol. The number of nitrogens with zero attached hydrogens (tertiary/aromatic N) is 1. The molecular formula is C19H16FNO3. The molecule has 0 bridgehead atoms. The molecule has 1 unspecified atom stereocenters. The van der Waals surface area contributed by atoms with Gasteiger partial charge in [0.2, 0.25) is 0 Å². The highest BCUT2D eigenvalue weighted by Crippen LogP contribution is 2.20. The van der Waals surface area contributed by atoms with E-state index in [4.69, 9.17) is 0 Å². The van der Waals surface area contributed by atoms with Crippen LogP contribution >= 0.6 is 0 Å². The van der Waals surface area contributed by atoms with E-state index in [0.29, 0.717) is 12.1 Å². The van der Waals surface area contributed by atoms with Crippen LogP contribution < -0.4 is 0 Å². The number of halogens is 1. The fourth-order valence-corrected chi connectivity index (χ4v) is 2.83. The van der Waals surface area contributed by atoms with E-state index in [9.17, 15) is 18.8 Å². The summed E-state index contributed by atoms with van der Waals surface area (Å²) >= 11 is 0. The summed E-state index contributed by atoms with van der Waals surface area (Å²) in [5.41, 5.74) is 0.809. The number of likely N-dealkylation sites (tertiary alicyclic amines) is 1. The maximum absolute atomic E-state index is 13.0. The van der Waals surface area contributed by atoms with Crippen LogP contribution in [0.15, 0.2) is 54.6 Å². The first kappa shape index (κ1) is 16.1. The summed E-state index contributed by atoms with van der Waals surface area (Å²) in [6, 6.07) is 13.9. The van der Waals surface area contributed by atoms with Crippen LogP contribution in [0.1, 0.15) is 27.1 Å². The SMILES string of the molecule is O=C1CCN(C(=O)c2ccccc2)CC1C(=O)c1ccc(F)cc1. The predicted molar refractivity (Wildman–Crippen MR) is 86.2 cm³/mol. The van der Waals surface area contributed by atoms with Gasteiger partial charge in [-0.05, 0) is 36.4 Å². The van der Waals surface area contributed by atoms with Crippen molar-refractivity contribution >= 4 is 17.5 Å². The minimum absolute atomic E-state index is 0.0583. The summed E-state index contributed by atoms with van der Waals surface area (Å²) in [5.74, 6) is -2.08. The molecule has 1 saturated heterocycles. The average Bonchev–Trinajstić information content (AvgIpc) is 2.62. The molecule has 5 heteroatoms. The number of hydrogen-bond donors (Lipinski definition) is 0. The van der Waals surface area contributed by atoms with E-state index in [1.54, 1.807) is 24.3 Å². The van der Waals surface area contributed by atoms with E-state index in [-0.39, 0.29) is 36.0 Å². The third-order valence-corrected chi connectivity index (χ3v) is 4.17. The fourth-order valence-electron chi connectivity index (χ4n) is 2.83. The van der Waals surface area contributed by atoms with Gasteiger partial charge >= 0.3 is 0 Å². The number of amides is 1. The molecule has 0 aliphatic carbocycles. The largest absolute Gasteiger partial charge is 0.337 e. The van der Waals surface area contributed by atoms with Gasteiger partial charge in [0, 0.05) is 30.6 Å². The van der Waals surface area contributed by atoms with Crippen molar-refractivity contribution in [2.24, 2.45) is 5.92 Å². The van der Waals surface area contributed by atoms with Gasteiger partial charge < -0.3 is 4.90 Å².